The number of carbonyl (C=O) groups is 2. The molecule has 0 radical (unpaired) electrons. The number of aliphatic carboxylic acids is 1. The second kappa shape index (κ2) is 12.1. The number of hydrogen-bond acceptors (Lipinski definition) is 6. The zero-order valence-corrected chi connectivity index (χ0v) is 21.6. The number of urea groups is 1. The number of thiazole rings is 1. The molecule has 190 valence electrons. The van der Waals surface area contributed by atoms with Gasteiger partial charge in [-0.15, -0.1) is 11.8 Å². The Balaban J connectivity index is 1.41. The lowest BCUT2D eigenvalue weighted by atomic mass is 9.85. The fourth-order valence-corrected chi connectivity index (χ4v) is 6.89. The Bertz CT molecular complexity index is 1000. The third-order valence-corrected chi connectivity index (χ3v) is 9.03. The number of carboxylic acid groups (broad SMARTS) is 1. The van der Waals surface area contributed by atoms with E-state index in [2.05, 4.69) is 22.1 Å². The number of nitrogens with zero attached hydrogens (tertiary/aromatic N) is 3. The number of nitrogens with one attached hydrogen (secondary N) is 1. The van der Waals surface area contributed by atoms with Gasteiger partial charge in [0.05, 0.1) is 22.5 Å². The third-order valence-electron chi connectivity index (χ3n) is 6.92. The number of carbonyl (C=O) groups excluding carboxylic acids is 1. The van der Waals surface area contributed by atoms with Gasteiger partial charge in [0.2, 0.25) is 0 Å². The second-order valence-electron chi connectivity index (χ2n) is 9.40. The van der Waals surface area contributed by atoms with Crippen molar-refractivity contribution in [1.82, 2.24) is 9.88 Å². The van der Waals surface area contributed by atoms with Gasteiger partial charge >= 0.3 is 12.0 Å². The van der Waals surface area contributed by atoms with Gasteiger partial charge in [-0.05, 0) is 56.6 Å². The maximum Gasteiger partial charge on any atom is 0.324 e. The highest BCUT2D eigenvalue weighted by Crippen LogP contribution is 2.34. The minimum atomic E-state index is -0.825. The van der Waals surface area contributed by atoms with E-state index in [0.717, 1.165) is 42.7 Å². The molecule has 7 nitrogen and oxygen atoms in total. The first-order valence-electron chi connectivity index (χ1n) is 12.3. The number of thioether (sulfide) groups is 1. The number of hydrogen-bond donors (Lipinski definition) is 2. The first-order valence-corrected chi connectivity index (χ1v) is 14.1. The summed E-state index contributed by atoms with van der Waals surface area (Å²) < 4.78 is 15.2. The SMILES string of the molecule is CC1CCC(N(C(=O)Nc2ncc(SCCC(=O)O)s2)C2CCN(c3ccccc3F)CC2)CC1. The molecule has 4 rings (SSSR count). The van der Waals surface area contributed by atoms with E-state index in [0.29, 0.717) is 35.6 Å². The molecular formula is C25H33FN4O3S2. The molecule has 0 bridgehead atoms. The molecule has 1 aromatic carbocycles. The fraction of sp³-hybridized carbons (Fsp3) is 0.560. The lowest BCUT2D eigenvalue weighted by molar-refractivity contribution is -0.136. The predicted molar refractivity (Wildman–Crippen MR) is 139 cm³/mol. The maximum absolute atomic E-state index is 14.3. The standard InChI is InChI=1S/C25H33FN4O3S2/c1-17-6-8-18(9-7-17)30(19-10-13-29(14-11-19)21-5-3-2-4-20(21)26)25(33)28-24-27-16-23(35-24)34-15-12-22(31)32/h2-5,16-19H,6-15H2,1H3,(H,31,32)(H,27,28,33). The molecule has 1 aliphatic carbocycles. The van der Waals surface area contributed by atoms with Crippen LogP contribution in [0.1, 0.15) is 51.9 Å². The van der Waals surface area contributed by atoms with Crippen molar-refractivity contribution in [1.29, 1.82) is 0 Å². The minimum Gasteiger partial charge on any atom is -0.481 e. The van der Waals surface area contributed by atoms with Crippen molar-refractivity contribution < 1.29 is 19.1 Å². The third kappa shape index (κ3) is 6.88. The summed E-state index contributed by atoms with van der Waals surface area (Å²) in [4.78, 5) is 32.7. The first-order chi connectivity index (χ1) is 16.9. The van der Waals surface area contributed by atoms with Crippen LogP contribution in [0.25, 0.3) is 0 Å². The van der Waals surface area contributed by atoms with Crippen LogP contribution in [-0.4, -0.2) is 57.9 Å². The Kier molecular flexibility index (Phi) is 8.89. The summed E-state index contributed by atoms with van der Waals surface area (Å²) in [6.07, 6.45) is 7.58. The average molecular weight is 521 g/mol. The molecule has 2 heterocycles. The van der Waals surface area contributed by atoms with Crippen LogP contribution in [0.4, 0.5) is 20.0 Å². The molecule has 0 unspecified atom stereocenters. The Labute approximate surface area is 214 Å². The molecule has 2 amide bonds. The summed E-state index contributed by atoms with van der Waals surface area (Å²) in [5, 5.41) is 12.4. The number of aromatic nitrogens is 1. The Morgan fingerprint density at radius 1 is 1.17 bits per heavy atom. The highest BCUT2D eigenvalue weighted by molar-refractivity contribution is 8.01. The lowest BCUT2D eigenvalue weighted by Gasteiger charge is -2.44. The monoisotopic (exact) mass is 520 g/mol. The van der Waals surface area contributed by atoms with Gasteiger partial charge in [0.1, 0.15) is 5.82 Å². The number of anilines is 2. The smallest absolute Gasteiger partial charge is 0.324 e. The molecule has 1 saturated heterocycles. The molecule has 0 atom stereocenters. The number of halogens is 1. The van der Waals surface area contributed by atoms with Crippen molar-refractivity contribution in [3.63, 3.8) is 0 Å². The number of para-hydroxylation sites is 1. The van der Waals surface area contributed by atoms with E-state index in [4.69, 9.17) is 5.11 Å². The lowest BCUT2D eigenvalue weighted by Crippen LogP contribution is -2.54. The summed E-state index contributed by atoms with van der Waals surface area (Å²) in [6.45, 7) is 3.69. The van der Waals surface area contributed by atoms with Crippen molar-refractivity contribution in [2.75, 3.05) is 29.1 Å². The molecule has 0 spiro atoms. The van der Waals surface area contributed by atoms with Crippen molar-refractivity contribution in [2.45, 2.75) is 68.2 Å². The van der Waals surface area contributed by atoms with E-state index in [9.17, 15) is 14.0 Å². The largest absolute Gasteiger partial charge is 0.481 e. The molecule has 2 N–H and O–H groups in total. The summed E-state index contributed by atoms with van der Waals surface area (Å²) >= 11 is 2.81. The van der Waals surface area contributed by atoms with Crippen molar-refractivity contribution in [3.8, 4) is 0 Å². The average Bonchev–Trinajstić information content (AvgIpc) is 3.28. The Morgan fingerprint density at radius 3 is 2.54 bits per heavy atom. The van der Waals surface area contributed by atoms with Crippen LogP contribution in [0.2, 0.25) is 0 Å². The van der Waals surface area contributed by atoms with Gasteiger partial charge in [-0.1, -0.05) is 30.4 Å². The molecule has 1 aromatic heterocycles. The number of rotatable bonds is 8. The van der Waals surface area contributed by atoms with Crippen LogP contribution in [0.3, 0.4) is 0 Å². The second-order valence-corrected chi connectivity index (χ2v) is 11.8. The number of benzene rings is 1. The van der Waals surface area contributed by atoms with Gasteiger partial charge in [-0.2, -0.15) is 0 Å². The van der Waals surface area contributed by atoms with Crippen LogP contribution >= 0.6 is 23.1 Å². The van der Waals surface area contributed by atoms with Gasteiger partial charge in [0.25, 0.3) is 0 Å². The van der Waals surface area contributed by atoms with Gasteiger partial charge < -0.3 is 14.9 Å². The normalized spacial score (nSPS) is 21.0. The highest BCUT2D eigenvalue weighted by atomic mass is 32.2. The zero-order chi connectivity index (χ0) is 24.8. The van der Waals surface area contributed by atoms with Gasteiger partial charge in [0.15, 0.2) is 5.13 Å². The van der Waals surface area contributed by atoms with E-state index >= 15 is 0 Å². The Morgan fingerprint density at radius 2 is 1.86 bits per heavy atom. The van der Waals surface area contributed by atoms with Crippen molar-refractivity contribution in [3.05, 3.63) is 36.3 Å². The Hall–Kier alpha value is -2.33. The van der Waals surface area contributed by atoms with Crippen molar-refractivity contribution in [2.24, 2.45) is 5.92 Å². The van der Waals surface area contributed by atoms with E-state index in [-0.39, 0.29) is 30.4 Å². The van der Waals surface area contributed by atoms with Crippen LogP contribution in [0.5, 0.6) is 0 Å². The van der Waals surface area contributed by atoms with E-state index in [1.54, 1.807) is 12.3 Å². The number of amides is 2. The molecule has 1 aliphatic heterocycles. The van der Waals surface area contributed by atoms with Crippen LogP contribution in [0.15, 0.2) is 34.7 Å². The summed E-state index contributed by atoms with van der Waals surface area (Å²) in [5.74, 6) is 0.123. The molecule has 1 saturated carbocycles. The molecular weight excluding hydrogens is 487 g/mol. The summed E-state index contributed by atoms with van der Waals surface area (Å²) in [6, 6.07) is 7.04. The van der Waals surface area contributed by atoms with Gasteiger partial charge in [-0.3, -0.25) is 10.1 Å². The van der Waals surface area contributed by atoms with E-state index in [1.165, 1.54) is 29.2 Å². The highest BCUT2D eigenvalue weighted by Gasteiger charge is 2.35. The van der Waals surface area contributed by atoms with Crippen molar-refractivity contribution >= 4 is 45.9 Å². The van der Waals surface area contributed by atoms with E-state index < -0.39 is 5.97 Å². The van der Waals surface area contributed by atoms with Crippen LogP contribution < -0.4 is 10.2 Å². The predicted octanol–water partition coefficient (Wildman–Crippen LogP) is 5.93. The first kappa shape index (κ1) is 25.8. The fourth-order valence-electron chi connectivity index (χ4n) is 5.02. The van der Waals surface area contributed by atoms with E-state index in [1.807, 2.05) is 17.0 Å². The zero-order valence-electron chi connectivity index (χ0n) is 20.0. The summed E-state index contributed by atoms with van der Waals surface area (Å²) in [5.41, 5.74) is 0.629. The molecule has 10 heteroatoms. The maximum atomic E-state index is 14.3. The molecule has 35 heavy (non-hydrogen) atoms. The number of piperidine rings is 1. The molecule has 2 fully saturated rings. The van der Waals surface area contributed by atoms with Gasteiger partial charge in [0, 0.05) is 30.9 Å². The molecule has 2 aromatic rings. The van der Waals surface area contributed by atoms with Crippen LogP contribution in [0, 0.1) is 11.7 Å². The quantitative estimate of drug-likeness (QED) is 0.420. The molecule has 2 aliphatic rings. The summed E-state index contributed by atoms with van der Waals surface area (Å²) in [7, 11) is 0. The topological polar surface area (TPSA) is 85.8 Å². The number of carboxylic acids is 1. The minimum absolute atomic E-state index is 0.0870. The van der Waals surface area contributed by atoms with Gasteiger partial charge in [-0.25, -0.2) is 14.2 Å². The van der Waals surface area contributed by atoms with Crippen LogP contribution in [-0.2, 0) is 4.79 Å².